The van der Waals surface area contributed by atoms with Gasteiger partial charge in [0.2, 0.25) is 15.9 Å². The van der Waals surface area contributed by atoms with Crippen molar-refractivity contribution >= 4 is 33.3 Å². The van der Waals surface area contributed by atoms with E-state index in [-0.39, 0.29) is 16.8 Å². The minimum absolute atomic E-state index is 0.0312. The lowest BCUT2D eigenvalue weighted by molar-refractivity contribution is -0.128. The van der Waals surface area contributed by atoms with E-state index in [1.54, 1.807) is 35.6 Å². The molecule has 1 aromatic carbocycles. The third-order valence-electron chi connectivity index (χ3n) is 4.44. The van der Waals surface area contributed by atoms with Crippen LogP contribution in [0, 0.1) is 0 Å². The molecule has 0 fully saturated rings. The molecule has 25 heavy (non-hydrogen) atoms. The topological polar surface area (TPSA) is 66.5 Å². The molecule has 0 saturated heterocycles. The smallest absolute Gasteiger partial charge is 0.247 e. The highest BCUT2D eigenvalue weighted by Crippen LogP contribution is 2.32. The molecule has 1 aromatic heterocycles. The number of sulfonamides is 1. The van der Waals surface area contributed by atoms with E-state index < -0.39 is 10.0 Å². The molecular formula is C18H20N2O3S2. The van der Waals surface area contributed by atoms with Crippen molar-refractivity contribution in [3.05, 3.63) is 57.8 Å². The lowest BCUT2D eigenvalue weighted by atomic mass is 10.0. The number of hydrogen-bond acceptors (Lipinski definition) is 4. The van der Waals surface area contributed by atoms with Crippen LogP contribution < -0.4 is 4.72 Å². The summed E-state index contributed by atoms with van der Waals surface area (Å²) in [4.78, 5) is 16.0. The van der Waals surface area contributed by atoms with Crippen LogP contribution in [0.4, 0.5) is 0 Å². The number of carbonyl (C=O) groups excluding carboxylic acids is 1. The molecule has 3 rings (SSSR count). The SMILES string of the molecule is CNS(=O)(=O)c1ccc(/C=C/C(=O)N2CCc3sccc3C2C)cc1. The van der Waals surface area contributed by atoms with Crippen molar-refractivity contribution in [2.24, 2.45) is 0 Å². The van der Waals surface area contributed by atoms with Gasteiger partial charge in [0.05, 0.1) is 10.9 Å². The van der Waals surface area contributed by atoms with E-state index in [0.29, 0.717) is 0 Å². The van der Waals surface area contributed by atoms with E-state index in [1.165, 1.54) is 29.6 Å². The molecule has 1 N–H and O–H groups in total. The number of carbonyl (C=O) groups is 1. The Balaban J connectivity index is 1.71. The van der Waals surface area contributed by atoms with Gasteiger partial charge in [0, 0.05) is 17.5 Å². The van der Waals surface area contributed by atoms with Crippen LogP contribution in [0.1, 0.15) is 29.0 Å². The summed E-state index contributed by atoms with van der Waals surface area (Å²) in [6.07, 6.45) is 4.16. The van der Waals surface area contributed by atoms with Gasteiger partial charge in [-0.1, -0.05) is 12.1 Å². The zero-order valence-corrected chi connectivity index (χ0v) is 15.7. The molecule has 2 aromatic rings. The van der Waals surface area contributed by atoms with E-state index >= 15 is 0 Å². The Morgan fingerprint density at radius 3 is 2.68 bits per heavy atom. The molecule has 1 aliphatic heterocycles. The van der Waals surface area contributed by atoms with Crippen molar-refractivity contribution in [3.8, 4) is 0 Å². The summed E-state index contributed by atoms with van der Waals surface area (Å²) in [5.41, 5.74) is 2.02. The second kappa shape index (κ2) is 7.11. The number of hydrogen-bond donors (Lipinski definition) is 1. The van der Waals surface area contributed by atoms with Crippen LogP contribution in [0.25, 0.3) is 6.08 Å². The number of rotatable bonds is 4. The minimum atomic E-state index is -3.44. The van der Waals surface area contributed by atoms with E-state index in [9.17, 15) is 13.2 Å². The quantitative estimate of drug-likeness (QED) is 0.835. The average molecular weight is 377 g/mol. The van der Waals surface area contributed by atoms with Crippen molar-refractivity contribution < 1.29 is 13.2 Å². The van der Waals surface area contributed by atoms with Crippen molar-refractivity contribution in [1.82, 2.24) is 9.62 Å². The number of nitrogens with zero attached hydrogens (tertiary/aromatic N) is 1. The van der Waals surface area contributed by atoms with Crippen molar-refractivity contribution in [2.75, 3.05) is 13.6 Å². The first kappa shape index (κ1) is 17.8. The first-order valence-electron chi connectivity index (χ1n) is 8.01. The molecular weight excluding hydrogens is 356 g/mol. The van der Waals surface area contributed by atoms with Gasteiger partial charge in [-0.05, 0) is 61.2 Å². The van der Waals surface area contributed by atoms with Crippen LogP contribution in [0.2, 0.25) is 0 Å². The lowest BCUT2D eigenvalue weighted by Crippen LogP contribution is -2.37. The van der Waals surface area contributed by atoms with E-state index in [4.69, 9.17) is 0 Å². The van der Waals surface area contributed by atoms with Gasteiger partial charge in [-0.3, -0.25) is 4.79 Å². The molecule has 1 aliphatic rings. The second-order valence-electron chi connectivity index (χ2n) is 5.87. The molecule has 1 amide bonds. The third kappa shape index (κ3) is 3.68. The van der Waals surface area contributed by atoms with Crippen LogP contribution in [0.3, 0.4) is 0 Å². The summed E-state index contributed by atoms with van der Waals surface area (Å²) in [5, 5.41) is 2.08. The molecule has 7 heteroatoms. The Bertz CT molecular complexity index is 899. The average Bonchev–Trinajstić information content (AvgIpc) is 3.10. The minimum Gasteiger partial charge on any atom is -0.332 e. The van der Waals surface area contributed by atoms with Gasteiger partial charge in [0.1, 0.15) is 0 Å². The van der Waals surface area contributed by atoms with Gasteiger partial charge in [-0.25, -0.2) is 13.1 Å². The predicted octanol–water partition coefficient (Wildman–Crippen LogP) is 2.82. The van der Waals surface area contributed by atoms with E-state index in [2.05, 4.69) is 16.2 Å². The molecule has 0 bridgehead atoms. The van der Waals surface area contributed by atoms with Crippen LogP contribution >= 0.6 is 11.3 Å². The normalized spacial score (nSPS) is 17.7. The van der Waals surface area contributed by atoms with Crippen LogP contribution in [0.5, 0.6) is 0 Å². The van der Waals surface area contributed by atoms with E-state index in [0.717, 1.165) is 18.5 Å². The summed E-state index contributed by atoms with van der Waals surface area (Å²) >= 11 is 1.75. The molecule has 1 atom stereocenters. The fourth-order valence-electron chi connectivity index (χ4n) is 2.95. The van der Waals surface area contributed by atoms with Crippen LogP contribution in [-0.2, 0) is 21.2 Å². The highest BCUT2D eigenvalue weighted by molar-refractivity contribution is 7.89. The maximum Gasteiger partial charge on any atom is 0.247 e. The second-order valence-corrected chi connectivity index (χ2v) is 8.75. The molecule has 5 nitrogen and oxygen atoms in total. The van der Waals surface area contributed by atoms with Gasteiger partial charge in [-0.15, -0.1) is 11.3 Å². The molecule has 2 heterocycles. The molecule has 0 spiro atoms. The van der Waals surface area contributed by atoms with Gasteiger partial charge in [0.25, 0.3) is 0 Å². The first-order valence-corrected chi connectivity index (χ1v) is 10.4. The monoisotopic (exact) mass is 376 g/mol. The fraction of sp³-hybridized carbons (Fsp3) is 0.278. The summed E-state index contributed by atoms with van der Waals surface area (Å²) < 4.78 is 25.7. The highest BCUT2D eigenvalue weighted by atomic mass is 32.2. The van der Waals surface area contributed by atoms with E-state index in [1.807, 2.05) is 11.8 Å². The van der Waals surface area contributed by atoms with Crippen LogP contribution in [0.15, 0.2) is 46.7 Å². The largest absolute Gasteiger partial charge is 0.332 e. The van der Waals surface area contributed by atoms with Gasteiger partial charge in [-0.2, -0.15) is 0 Å². The number of amides is 1. The Morgan fingerprint density at radius 1 is 1.28 bits per heavy atom. The summed E-state index contributed by atoms with van der Waals surface area (Å²) in [5.74, 6) is -0.0312. The van der Waals surface area contributed by atoms with Crippen molar-refractivity contribution in [3.63, 3.8) is 0 Å². The summed E-state index contributed by atoms with van der Waals surface area (Å²) in [7, 11) is -2.07. The predicted molar refractivity (Wildman–Crippen MR) is 99.9 cm³/mol. The third-order valence-corrected chi connectivity index (χ3v) is 6.86. The number of thiophene rings is 1. The maximum atomic E-state index is 12.5. The zero-order valence-electron chi connectivity index (χ0n) is 14.1. The van der Waals surface area contributed by atoms with Gasteiger partial charge in [0.15, 0.2) is 0 Å². The van der Waals surface area contributed by atoms with Gasteiger partial charge < -0.3 is 4.90 Å². The number of benzene rings is 1. The Morgan fingerprint density at radius 2 is 2.00 bits per heavy atom. The summed E-state index contributed by atoms with van der Waals surface area (Å²) in [6.45, 7) is 2.77. The van der Waals surface area contributed by atoms with Gasteiger partial charge >= 0.3 is 0 Å². The maximum absolute atomic E-state index is 12.5. The Labute approximate surface area is 152 Å². The Hall–Kier alpha value is -1.96. The number of fused-ring (bicyclic) bond motifs is 1. The fourth-order valence-corrected chi connectivity index (χ4v) is 4.64. The molecule has 0 radical (unpaired) electrons. The number of nitrogens with one attached hydrogen (secondary N) is 1. The molecule has 132 valence electrons. The van der Waals surface area contributed by atoms with Crippen LogP contribution in [-0.4, -0.2) is 32.8 Å². The highest BCUT2D eigenvalue weighted by Gasteiger charge is 2.26. The van der Waals surface area contributed by atoms with Crippen molar-refractivity contribution in [1.29, 1.82) is 0 Å². The molecule has 0 saturated carbocycles. The lowest BCUT2D eigenvalue weighted by Gasteiger charge is -2.32. The summed E-state index contributed by atoms with van der Waals surface area (Å²) in [6, 6.07) is 8.59. The standard InChI is InChI=1S/C18H20N2O3S2/c1-13-16-10-12-24-17(16)9-11-20(13)18(21)8-5-14-3-6-15(7-4-14)25(22,23)19-2/h3-8,10,12-13,19H,9,11H2,1-2H3/b8-5+. The Kier molecular flexibility index (Phi) is 5.08. The first-order chi connectivity index (χ1) is 11.9. The molecule has 1 unspecified atom stereocenters. The van der Waals surface area contributed by atoms with Crippen molar-refractivity contribution in [2.45, 2.75) is 24.3 Å². The molecule has 0 aliphatic carbocycles. The zero-order chi connectivity index (χ0) is 18.0.